The van der Waals surface area contributed by atoms with Crippen LogP contribution in [0.3, 0.4) is 0 Å². The standard InChI is InChI=1S/C22H26N2OS2/c1-24-11-8-16(9-12-24)21-17-5-3-2-4-15(17)6-7-19-18(21)14-20(27-19)22(25)23-10-13-26/h2-5,14,26H,6-13H2,1H3,(H,23,25). The third-order valence-electron chi connectivity index (χ3n) is 5.55. The molecule has 0 saturated carbocycles. The summed E-state index contributed by atoms with van der Waals surface area (Å²) >= 11 is 5.86. The number of amides is 1. The van der Waals surface area contributed by atoms with Gasteiger partial charge >= 0.3 is 0 Å². The maximum atomic E-state index is 12.5. The van der Waals surface area contributed by atoms with E-state index < -0.39 is 0 Å². The highest BCUT2D eigenvalue weighted by Gasteiger charge is 2.26. The highest BCUT2D eigenvalue weighted by atomic mass is 32.1. The van der Waals surface area contributed by atoms with Gasteiger partial charge in [-0.3, -0.25) is 4.79 Å². The van der Waals surface area contributed by atoms with E-state index in [0.717, 1.165) is 43.6 Å². The summed E-state index contributed by atoms with van der Waals surface area (Å²) in [4.78, 5) is 17.1. The van der Waals surface area contributed by atoms with Crippen LogP contribution in [-0.4, -0.2) is 43.2 Å². The Kier molecular flexibility index (Phi) is 5.71. The fourth-order valence-corrected chi connectivity index (χ4v) is 5.28. The zero-order chi connectivity index (χ0) is 18.8. The number of benzene rings is 1. The lowest BCUT2D eigenvalue weighted by Crippen LogP contribution is -2.27. The lowest BCUT2D eigenvalue weighted by atomic mass is 9.87. The van der Waals surface area contributed by atoms with Crippen LogP contribution in [0, 0.1) is 0 Å². The van der Waals surface area contributed by atoms with Gasteiger partial charge in [0.2, 0.25) is 0 Å². The fraction of sp³-hybridized carbons (Fsp3) is 0.409. The lowest BCUT2D eigenvalue weighted by Gasteiger charge is -2.27. The Morgan fingerprint density at radius 1 is 1.15 bits per heavy atom. The number of thiol groups is 1. The van der Waals surface area contributed by atoms with E-state index in [1.807, 2.05) is 0 Å². The molecule has 1 aromatic carbocycles. The molecule has 27 heavy (non-hydrogen) atoms. The van der Waals surface area contributed by atoms with Crippen molar-refractivity contribution in [2.45, 2.75) is 25.7 Å². The van der Waals surface area contributed by atoms with Crippen LogP contribution in [0.5, 0.6) is 0 Å². The summed E-state index contributed by atoms with van der Waals surface area (Å²) in [5.41, 5.74) is 7.04. The second kappa shape index (κ2) is 8.21. The number of carbonyl (C=O) groups excluding carboxylic acids is 1. The number of hydrogen-bond donors (Lipinski definition) is 2. The van der Waals surface area contributed by atoms with Crippen molar-refractivity contribution >= 4 is 35.4 Å². The van der Waals surface area contributed by atoms with E-state index in [-0.39, 0.29) is 5.91 Å². The highest BCUT2D eigenvalue weighted by Crippen LogP contribution is 2.41. The number of thiophene rings is 1. The molecule has 0 unspecified atom stereocenters. The first-order valence-electron chi connectivity index (χ1n) is 9.68. The van der Waals surface area contributed by atoms with E-state index in [1.165, 1.54) is 27.1 Å². The summed E-state index contributed by atoms with van der Waals surface area (Å²) in [6.07, 6.45) is 4.26. The first-order chi connectivity index (χ1) is 13.2. The Morgan fingerprint density at radius 3 is 2.70 bits per heavy atom. The van der Waals surface area contributed by atoms with Gasteiger partial charge in [-0.05, 0) is 61.1 Å². The van der Waals surface area contributed by atoms with Crippen LogP contribution < -0.4 is 5.32 Å². The molecule has 1 aliphatic heterocycles. The lowest BCUT2D eigenvalue weighted by molar-refractivity contribution is 0.0960. The molecule has 1 amide bonds. The number of aryl methyl sites for hydroxylation is 2. The number of likely N-dealkylation sites (tertiary alicyclic amines) is 1. The minimum Gasteiger partial charge on any atom is -0.351 e. The van der Waals surface area contributed by atoms with E-state index in [4.69, 9.17) is 0 Å². The Hall–Kier alpha value is -1.56. The van der Waals surface area contributed by atoms with Crippen LogP contribution >= 0.6 is 24.0 Å². The first-order valence-corrected chi connectivity index (χ1v) is 11.1. The van der Waals surface area contributed by atoms with Gasteiger partial charge in [0.1, 0.15) is 0 Å². The second-order valence-electron chi connectivity index (χ2n) is 7.37. The van der Waals surface area contributed by atoms with Gasteiger partial charge in [-0.25, -0.2) is 0 Å². The zero-order valence-corrected chi connectivity index (χ0v) is 17.5. The fourth-order valence-electron chi connectivity index (χ4n) is 4.09. The topological polar surface area (TPSA) is 32.3 Å². The SMILES string of the molecule is CN1CCC(=C2c3ccccc3CCc3sc(C(=O)NCCS)cc32)CC1. The van der Waals surface area contributed by atoms with Crippen molar-refractivity contribution in [1.29, 1.82) is 0 Å². The van der Waals surface area contributed by atoms with Crippen LogP contribution in [-0.2, 0) is 12.8 Å². The average molecular weight is 399 g/mol. The molecule has 1 aromatic heterocycles. The molecule has 2 heterocycles. The molecule has 1 fully saturated rings. The van der Waals surface area contributed by atoms with E-state index in [0.29, 0.717) is 12.3 Å². The Bertz CT molecular complexity index is 874. The minimum absolute atomic E-state index is 0.0307. The van der Waals surface area contributed by atoms with Gasteiger partial charge in [0, 0.05) is 30.3 Å². The van der Waals surface area contributed by atoms with Crippen molar-refractivity contribution in [1.82, 2.24) is 10.2 Å². The van der Waals surface area contributed by atoms with Gasteiger partial charge in [-0.15, -0.1) is 11.3 Å². The molecule has 3 nitrogen and oxygen atoms in total. The van der Waals surface area contributed by atoms with Crippen molar-refractivity contribution in [3.8, 4) is 0 Å². The Morgan fingerprint density at radius 2 is 1.93 bits per heavy atom. The van der Waals surface area contributed by atoms with Gasteiger partial charge in [-0.1, -0.05) is 29.8 Å². The van der Waals surface area contributed by atoms with Crippen LogP contribution in [0.15, 0.2) is 35.9 Å². The molecule has 2 aromatic rings. The van der Waals surface area contributed by atoms with Crippen molar-refractivity contribution < 1.29 is 4.79 Å². The van der Waals surface area contributed by atoms with Gasteiger partial charge in [-0.2, -0.15) is 12.6 Å². The van der Waals surface area contributed by atoms with E-state index in [1.54, 1.807) is 16.9 Å². The van der Waals surface area contributed by atoms with Crippen molar-refractivity contribution in [3.05, 3.63) is 62.3 Å². The molecular formula is C22H26N2OS2. The average Bonchev–Trinajstić information content (AvgIpc) is 3.04. The molecule has 1 aliphatic carbocycles. The quantitative estimate of drug-likeness (QED) is 0.765. The summed E-state index contributed by atoms with van der Waals surface area (Å²) in [6.45, 7) is 2.82. The predicted molar refractivity (Wildman–Crippen MR) is 117 cm³/mol. The molecule has 142 valence electrons. The van der Waals surface area contributed by atoms with Gasteiger partial charge in [0.25, 0.3) is 5.91 Å². The molecule has 4 rings (SSSR count). The Labute approximate surface area is 170 Å². The number of rotatable bonds is 3. The van der Waals surface area contributed by atoms with Crippen LogP contribution in [0.1, 0.15) is 44.1 Å². The monoisotopic (exact) mass is 398 g/mol. The van der Waals surface area contributed by atoms with Gasteiger partial charge in [0.15, 0.2) is 0 Å². The van der Waals surface area contributed by atoms with Crippen molar-refractivity contribution in [3.63, 3.8) is 0 Å². The number of piperidine rings is 1. The number of nitrogens with one attached hydrogen (secondary N) is 1. The molecule has 0 atom stereocenters. The van der Waals surface area contributed by atoms with Crippen LogP contribution in [0.4, 0.5) is 0 Å². The Balaban J connectivity index is 1.81. The predicted octanol–water partition coefficient (Wildman–Crippen LogP) is 4.03. The minimum atomic E-state index is 0.0307. The number of fused-ring (bicyclic) bond motifs is 2. The molecule has 0 bridgehead atoms. The maximum Gasteiger partial charge on any atom is 0.261 e. The van der Waals surface area contributed by atoms with Crippen molar-refractivity contribution in [2.24, 2.45) is 0 Å². The third kappa shape index (κ3) is 3.86. The van der Waals surface area contributed by atoms with Gasteiger partial charge in [0.05, 0.1) is 4.88 Å². The van der Waals surface area contributed by atoms with Crippen LogP contribution in [0.25, 0.3) is 5.57 Å². The molecule has 2 aliphatic rings. The van der Waals surface area contributed by atoms with Gasteiger partial charge < -0.3 is 10.2 Å². The molecule has 5 heteroatoms. The largest absolute Gasteiger partial charge is 0.351 e. The van der Waals surface area contributed by atoms with E-state index in [9.17, 15) is 4.79 Å². The number of nitrogens with zero attached hydrogens (tertiary/aromatic N) is 1. The molecule has 0 spiro atoms. The molecule has 0 radical (unpaired) electrons. The summed E-state index contributed by atoms with van der Waals surface area (Å²) in [5.74, 6) is 0.690. The summed E-state index contributed by atoms with van der Waals surface area (Å²) in [5, 5.41) is 2.97. The summed E-state index contributed by atoms with van der Waals surface area (Å²) in [6, 6.07) is 11.0. The zero-order valence-electron chi connectivity index (χ0n) is 15.8. The first kappa shape index (κ1) is 18.8. The highest BCUT2D eigenvalue weighted by molar-refractivity contribution is 7.80. The third-order valence-corrected chi connectivity index (χ3v) is 6.97. The van der Waals surface area contributed by atoms with E-state index >= 15 is 0 Å². The second-order valence-corrected chi connectivity index (χ2v) is 8.95. The molecular weight excluding hydrogens is 372 g/mol. The maximum absolute atomic E-state index is 12.5. The van der Waals surface area contributed by atoms with Crippen molar-refractivity contribution in [2.75, 3.05) is 32.4 Å². The molecule has 1 saturated heterocycles. The number of hydrogen-bond acceptors (Lipinski definition) is 4. The van der Waals surface area contributed by atoms with Crippen LogP contribution in [0.2, 0.25) is 0 Å². The smallest absolute Gasteiger partial charge is 0.261 e. The number of carbonyl (C=O) groups is 1. The summed E-state index contributed by atoms with van der Waals surface area (Å²) < 4.78 is 0. The summed E-state index contributed by atoms with van der Waals surface area (Å²) in [7, 11) is 2.20. The normalized spacial score (nSPS) is 17.3. The van der Waals surface area contributed by atoms with E-state index in [2.05, 4.69) is 60.2 Å². The molecule has 1 N–H and O–H groups in total.